The Bertz CT molecular complexity index is 475. The first-order valence-corrected chi connectivity index (χ1v) is 6.75. The zero-order chi connectivity index (χ0) is 14.4. The lowest BCUT2D eigenvalue weighted by Crippen LogP contribution is -2.21. The topological polar surface area (TPSA) is 72.6 Å². The quantitative estimate of drug-likeness (QED) is 0.505. The average Bonchev–Trinajstić information content (AvgIpc) is 2.39. The summed E-state index contributed by atoms with van der Waals surface area (Å²) in [6, 6.07) is 5.19. The molecule has 0 fully saturated rings. The van der Waals surface area contributed by atoms with Gasteiger partial charge in [0.05, 0.1) is 13.5 Å². The molecular formula is C13H18N2O3S. The number of carbonyl (C=O) groups excluding carboxylic acids is 2. The number of hydrogen-bond donors (Lipinski definition) is 1. The van der Waals surface area contributed by atoms with Crippen molar-refractivity contribution < 1.29 is 14.3 Å². The molecule has 6 heteroatoms. The van der Waals surface area contributed by atoms with Gasteiger partial charge >= 0.3 is 5.97 Å². The van der Waals surface area contributed by atoms with Crippen molar-refractivity contribution in [2.24, 2.45) is 0 Å². The first-order valence-electron chi connectivity index (χ1n) is 5.76. The van der Waals surface area contributed by atoms with Crippen LogP contribution in [0.1, 0.15) is 16.8 Å². The van der Waals surface area contributed by atoms with Gasteiger partial charge in [-0.25, -0.2) is 0 Å². The maximum atomic E-state index is 11.8. The largest absolute Gasteiger partial charge is 0.469 e. The highest BCUT2D eigenvalue weighted by atomic mass is 32.2. The third-order valence-corrected chi connectivity index (χ3v) is 3.55. The zero-order valence-electron chi connectivity index (χ0n) is 11.3. The highest BCUT2D eigenvalue weighted by molar-refractivity contribution is 7.99. The third-order valence-electron chi connectivity index (χ3n) is 2.45. The van der Waals surface area contributed by atoms with Gasteiger partial charge in [0.2, 0.25) is 0 Å². The summed E-state index contributed by atoms with van der Waals surface area (Å²) in [4.78, 5) is 25.1. The van der Waals surface area contributed by atoms with Crippen molar-refractivity contribution in [1.29, 1.82) is 0 Å². The summed E-state index contributed by atoms with van der Waals surface area (Å²) in [6.07, 6.45) is 0.332. The predicted octanol–water partition coefficient (Wildman–Crippen LogP) is 1.63. The molecule has 1 rings (SSSR count). The molecule has 0 aliphatic heterocycles. The second kappa shape index (κ2) is 7.04. The fourth-order valence-corrected chi connectivity index (χ4v) is 2.30. The van der Waals surface area contributed by atoms with E-state index in [-0.39, 0.29) is 11.9 Å². The standard InChI is InChI=1S/C13H18N2O3S/c1-15(2)13(17)9-4-5-11(10(14)8-9)19-7-6-12(16)18-3/h4-5,8H,6-7,14H2,1-3H3. The van der Waals surface area contributed by atoms with E-state index in [0.717, 1.165) is 4.90 Å². The lowest BCUT2D eigenvalue weighted by molar-refractivity contribution is -0.140. The minimum absolute atomic E-state index is 0.0854. The lowest BCUT2D eigenvalue weighted by atomic mass is 10.2. The van der Waals surface area contributed by atoms with Gasteiger partial charge in [0.25, 0.3) is 5.91 Å². The Balaban J connectivity index is 2.67. The number of nitrogens with two attached hydrogens (primary N) is 1. The normalized spacial score (nSPS) is 10.1. The van der Waals surface area contributed by atoms with E-state index in [2.05, 4.69) is 4.74 Å². The van der Waals surface area contributed by atoms with Crippen LogP contribution in [0.15, 0.2) is 23.1 Å². The van der Waals surface area contributed by atoms with Crippen LogP contribution in [0.3, 0.4) is 0 Å². The molecule has 1 aromatic carbocycles. The van der Waals surface area contributed by atoms with Gasteiger partial charge in [0, 0.05) is 36.0 Å². The van der Waals surface area contributed by atoms with Crippen molar-refractivity contribution in [3.05, 3.63) is 23.8 Å². The van der Waals surface area contributed by atoms with Gasteiger partial charge in [0.15, 0.2) is 0 Å². The highest BCUT2D eigenvalue weighted by Gasteiger charge is 2.10. The number of benzene rings is 1. The molecule has 0 bridgehead atoms. The van der Waals surface area contributed by atoms with E-state index in [9.17, 15) is 9.59 Å². The van der Waals surface area contributed by atoms with Crippen LogP contribution >= 0.6 is 11.8 Å². The van der Waals surface area contributed by atoms with Crippen LogP contribution in [-0.2, 0) is 9.53 Å². The molecule has 0 aliphatic carbocycles. The first kappa shape index (κ1) is 15.4. The Kier molecular flexibility index (Phi) is 5.69. The van der Waals surface area contributed by atoms with E-state index in [1.165, 1.54) is 23.8 Å². The molecule has 0 atom stereocenters. The number of rotatable bonds is 5. The van der Waals surface area contributed by atoms with Crippen LogP contribution in [0.5, 0.6) is 0 Å². The van der Waals surface area contributed by atoms with Crippen LogP contribution in [0.2, 0.25) is 0 Å². The molecule has 0 saturated carbocycles. The second-order valence-electron chi connectivity index (χ2n) is 4.13. The molecule has 0 saturated heterocycles. The molecule has 1 aromatic rings. The minimum atomic E-state index is -0.245. The van der Waals surface area contributed by atoms with E-state index in [4.69, 9.17) is 5.73 Å². The maximum absolute atomic E-state index is 11.8. The number of carbonyl (C=O) groups is 2. The Morgan fingerprint density at radius 1 is 1.37 bits per heavy atom. The molecule has 0 aromatic heterocycles. The van der Waals surface area contributed by atoms with Crippen molar-refractivity contribution in [3.63, 3.8) is 0 Å². The van der Waals surface area contributed by atoms with Crippen molar-refractivity contribution >= 4 is 29.3 Å². The van der Waals surface area contributed by atoms with E-state index in [1.807, 2.05) is 0 Å². The molecule has 0 spiro atoms. The number of hydrogen-bond acceptors (Lipinski definition) is 5. The highest BCUT2D eigenvalue weighted by Crippen LogP contribution is 2.26. The smallest absolute Gasteiger partial charge is 0.306 e. The van der Waals surface area contributed by atoms with Gasteiger partial charge in [-0.1, -0.05) is 0 Å². The van der Waals surface area contributed by atoms with Gasteiger partial charge in [0.1, 0.15) is 0 Å². The van der Waals surface area contributed by atoms with E-state index < -0.39 is 0 Å². The summed E-state index contributed by atoms with van der Waals surface area (Å²) >= 11 is 1.47. The van der Waals surface area contributed by atoms with Crippen molar-refractivity contribution in [2.45, 2.75) is 11.3 Å². The van der Waals surface area contributed by atoms with Crippen LogP contribution in [0, 0.1) is 0 Å². The lowest BCUT2D eigenvalue weighted by Gasteiger charge is -2.12. The molecule has 0 radical (unpaired) electrons. The molecule has 19 heavy (non-hydrogen) atoms. The molecule has 0 heterocycles. The van der Waals surface area contributed by atoms with Gasteiger partial charge in [-0.2, -0.15) is 0 Å². The fourth-order valence-electron chi connectivity index (χ4n) is 1.42. The Hall–Kier alpha value is -1.69. The number of nitrogen functional groups attached to an aromatic ring is 1. The van der Waals surface area contributed by atoms with Crippen LogP contribution in [0.25, 0.3) is 0 Å². The summed E-state index contributed by atoms with van der Waals surface area (Å²) in [7, 11) is 4.75. The van der Waals surface area contributed by atoms with Crippen LogP contribution in [0.4, 0.5) is 5.69 Å². The van der Waals surface area contributed by atoms with E-state index in [1.54, 1.807) is 32.3 Å². The summed E-state index contributed by atoms with van der Waals surface area (Å²) in [5.41, 5.74) is 7.00. The first-order chi connectivity index (χ1) is 8.95. The summed E-state index contributed by atoms with van der Waals surface area (Å²) < 4.78 is 4.56. The van der Waals surface area contributed by atoms with Gasteiger partial charge in [-0.05, 0) is 18.2 Å². The number of methoxy groups -OCH3 is 1. The number of esters is 1. The molecule has 104 valence electrons. The Morgan fingerprint density at radius 3 is 2.58 bits per heavy atom. The summed E-state index contributed by atoms with van der Waals surface area (Å²) in [6.45, 7) is 0. The number of thioether (sulfide) groups is 1. The van der Waals surface area contributed by atoms with Crippen molar-refractivity contribution in [3.8, 4) is 0 Å². The summed E-state index contributed by atoms with van der Waals surface area (Å²) in [5.74, 6) is 0.265. The number of anilines is 1. The Morgan fingerprint density at radius 2 is 2.05 bits per heavy atom. The number of amides is 1. The molecule has 2 N–H and O–H groups in total. The molecule has 1 amide bonds. The molecular weight excluding hydrogens is 264 g/mol. The average molecular weight is 282 g/mol. The minimum Gasteiger partial charge on any atom is -0.469 e. The van der Waals surface area contributed by atoms with Crippen molar-refractivity contribution in [2.75, 3.05) is 32.7 Å². The SMILES string of the molecule is COC(=O)CCSc1ccc(C(=O)N(C)C)cc1N. The monoisotopic (exact) mass is 282 g/mol. The molecule has 0 unspecified atom stereocenters. The van der Waals surface area contributed by atoms with Crippen LogP contribution < -0.4 is 5.73 Å². The fraction of sp³-hybridized carbons (Fsp3) is 0.385. The molecule has 5 nitrogen and oxygen atoms in total. The second-order valence-corrected chi connectivity index (χ2v) is 5.26. The van der Waals surface area contributed by atoms with E-state index >= 15 is 0 Å². The summed E-state index contributed by atoms with van der Waals surface area (Å²) in [5, 5.41) is 0. The molecule has 0 aliphatic rings. The van der Waals surface area contributed by atoms with Gasteiger partial charge in [-0.3, -0.25) is 9.59 Å². The van der Waals surface area contributed by atoms with Gasteiger partial charge < -0.3 is 15.4 Å². The Labute approximate surface area is 117 Å². The maximum Gasteiger partial charge on any atom is 0.306 e. The predicted molar refractivity (Wildman–Crippen MR) is 76.2 cm³/mol. The number of nitrogens with zero attached hydrogens (tertiary/aromatic N) is 1. The van der Waals surface area contributed by atoms with Gasteiger partial charge in [-0.15, -0.1) is 11.8 Å². The zero-order valence-corrected chi connectivity index (χ0v) is 12.1. The van der Waals surface area contributed by atoms with Crippen LogP contribution in [-0.4, -0.2) is 43.7 Å². The number of ether oxygens (including phenoxy) is 1. The van der Waals surface area contributed by atoms with E-state index in [0.29, 0.717) is 23.4 Å². The third kappa shape index (κ3) is 4.48. The van der Waals surface area contributed by atoms with Crippen molar-refractivity contribution in [1.82, 2.24) is 4.90 Å².